The van der Waals surface area contributed by atoms with Crippen molar-refractivity contribution in [3.05, 3.63) is 17.0 Å². The van der Waals surface area contributed by atoms with Crippen molar-refractivity contribution in [1.29, 1.82) is 0 Å². The van der Waals surface area contributed by atoms with E-state index in [1.807, 2.05) is 25.7 Å². The van der Waals surface area contributed by atoms with Crippen LogP contribution in [0, 0.1) is 5.41 Å². The van der Waals surface area contributed by atoms with Crippen molar-refractivity contribution in [2.75, 3.05) is 0 Å². The van der Waals surface area contributed by atoms with Gasteiger partial charge in [-0.05, 0) is 103 Å². The van der Waals surface area contributed by atoms with Gasteiger partial charge in [-0.2, -0.15) is 0 Å². The van der Waals surface area contributed by atoms with Crippen molar-refractivity contribution >= 4 is 6.09 Å². The Labute approximate surface area is 197 Å². The molecule has 5 fully saturated rings. The third-order valence-electron chi connectivity index (χ3n) is 8.94. The van der Waals surface area contributed by atoms with Gasteiger partial charge in [0.15, 0.2) is 0 Å². The summed E-state index contributed by atoms with van der Waals surface area (Å²) >= 11 is 0. The van der Waals surface area contributed by atoms with Crippen molar-refractivity contribution < 1.29 is 18.8 Å². The Hall–Kier alpha value is -1.56. The van der Waals surface area contributed by atoms with Crippen LogP contribution in [0.25, 0.3) is 0 Å². The standard InChI is InChI=1S/C27H40N2O4/c1-26(2,3)32-25(30)29-19-6-7-20(29)15-21(14-19)31-16-22-23(28-33-24(22)18-4-5-18)17-8-10-27(11-9-17)12-13-27/h17-21H,4-16H2,1-3H3/t19-,20?,21?/m0/s1. The second kappa shape index (κ2) is 8.00. The van der Waals surface area contributed by atoms with Crippen LogP contribution < -0.4 is 0 Å². The van der Waals surface area contributed by atoms with Crippen LogP contribution in [0.3, 0.4) is 0 Å². The van der Waals surface area contributed by atoms with E-state index in [1.165, 1.54) is 62.6 Å². The molecular formula is C27H40N2O4. The Kier molecular flexibility index (Phi) is 5.32. The Bertz CT molecular complexity index is 870. The molecule has 3 heterocycles. The first kappa shape index (κ1) is 21.9. The van der Waals surface area contributed by atoms with Crippen LogP contribution in [0.15, 0.2) is 4.52 Å². The zero-order valence-corrected chi connectivity index (χ0v) is 20.6. The average molecular weight is 457 g/mol. The van der Waals surface area contributed by atoms with E-state index in [4.69, 9.17) is 14.0 Å². The third-order valence-corrected chi connectivity index (χ3v) is 8.94. The van der Waals surface area contributed by atoms with E-state index in [9.17, 15) is 4.79 Å². The monoisotopic (exact) mass is 456 g/mol. The lowest BCUT2D eigenvalue weighted by Crippen LogP contribution is -2.50. The van der Waals surface area contributed by atoms with E-state index in [0.29, 0.717) is 23.9 Å². The van der Waals surface area contributed by atoms with E-state index in [2.05, 4.69) is 5.16 Å². The third kappa shape index (κ3) is 4.44. The number of carbonyl (C=O) groups excluding carboxylic acids is 1. The number of aromatic nitrogens is 1. The second-order valence-electron chi connectivity index (χ2n) is 12.6. The largest absolute Gasteiger partial charge is 0.444 e. The van der Waals surface area contributed by atoms with Crippen molar-refractivity contribution in [3.63, 3.8) is 0 Å². The van der Waals surface area contributed by atoms with Gasteiger partial charge in [0.1, 0.15) is 11.4 Å². The number of ether oxygens (including phenoxy) is 2. The van der Waals surface area contributed by atoms with Crippen LogP contribution in [0.4, 0.5) is 4.79 Å². The number of nitrogens with zero attached hydrogens (tertiary/aromatic N) is 2. The highest BCUT2D eigenvalue weighted by atomic mass is 16.6. The molecule has 2 bridgehead atoms. The predicted molar refractivity (Wildman–Crippen MR) is 124 cm³/mol. The van der Waals surface area contributed by atoms with Gasteiger partial charge in [-0.3, -0.25) is 0 Å². The summed E-state index contributed by atoms with van der Waals surface area (Å²) in [6.45, 7) is 6.43. The molecule has 2 unspecified atom stereocenters. The number of rotatable bonds is 5. The number of carbonyl (C=O) groups is 1. The summed E-state index contributed by atoms with van der Waals surface area (Å²) < 4.78 is 18.2. The van der Waals surface area contributed by atoms with Gasteiger partial charge < -0.3 is 18.9 Å². The summed E-state index contributed by atoms with van der Waals surface area (Å²) in [5.41, 5.74) is 2.70. The molecule has 1 aromatic rings. The SMILES string of the molecule is CC(C)(C)OC(=O)N1C2CC[C@H]1CC(OCc1c(C3CCC4(CC3)CC4)noc1C1CC1)C2. The molecule has 1 spiro atoms. The molecule has 0 radical (unpaired) electrons. The molecule has 6 heteroatoms. The molecule has 2 aliphatic heterocycles. The van der Waals surface area contributed by atoms with Crippen LogP contribution in [-0.2, 0) is 16.1 Å². The van der Waals surface area contributed by atoms with Gasteiger partial charge in [0.05, 0.1) is 18.4 Å². The summed E-state index contributed by atoms with van der Waals surface area (Å²) in [5.74, 6) is 2.19. The first-order valence-electron chi connectivity index (χ1n) is 13.4. The maximum atomic E-state index is 12.8. The average Bonchev–Trinajstić information content (AvgIpc) is 3.68. The summed E-state index contributed by atoms with van der Waals surface area (Å²) in [6, 6.07) is 0.475. The molecule has 0 N–H and O–H groups in total. The minimum absolute atomic E-state index is 0.156. The summed E-state index contributed by atoms with van der Waals surface area (Å²) in [5, 5.41) is 4.62. The number of amides is 1. The van der Waals surface area contributed by atoms with E-state index in [1.54, 1.807) is 0 Å². The molecular weight excluding hydrogens is 416 g/mol. The highest BCUT2D eigenvalue weighted by Gasteiger charge is 2.47. The van der Waals surface area contributed by atoms with E-state index < -0.39 is 5.60 Å². The smallest absolute Gasteiger partial charge is 0.410 e. The molecule has 5 aliphatic rings. The van der Waals surface area contributed by atoms with Gasteiger partial charge in [0, 0.05) is 29.5 Å². The zero-order valence-electron chi connectivity index (χ0n) is 20.6. The number of hydrogen-bond acceptors (Lipinski definition) is 5. The molecule has 3 aliphatic carbocycles. The van der Waals surface area contributed by atoms with Gasteiger partial charge in [0.25, 0.3) is 0 Å². The van der Waals surface area contributed by atoms with Crippen LogP contribution in [-0.4, -0.2) is 39.9 Å². The second-order valence-corrected chi connectivity index (χ2v) is 12.6. The van der Waals surface area contributed by atoms with Crippen molar-refractivity contribution in [2.24, 2.45) is 5.41 Å². The molecule has 3 atom stereocenters. The number of piperidine rings is 1. The van der Waals surface area contributed by atoms with E-state index in [-0.39, 0.29) is 24.3 Å². The van der Waals surface area contributed by atoms with Crippen LogP contribution in [0.1, 0.15) is 127 Å². The van der Waals surface area contributed by atoms with Crippen LogP contribution in [0.5, 0.6) is 0 Å². The van der Waals surface area contributed by atoms with Crippen molar-refractivity contribution in [1.82, 2.24) is 10.1 Å². The Morgan fingerprint density at radius 2 is 1.67 bits per heavy atom. The van der Waals surface area contributed by atoms with Gasteiger partial charge >= 0.3 is 6.09 Å². The molecule has 182 valence electrons. The first-order valence-corrected chi connectivity index (χ1v) is 13.4. The van der Waals surface area contributed by atoms with Crippen LogP contribution in [0.2, 0.25) is 0 Å². The fraction of sp³-hybridized carbons (Fsp3) is 0.852. The minimum Gasteiger partial charge on any atom is -0.444 e. The van der Waals surface area contributed by atoms with E-state index >= 15 is 0 Å². The quantitative estimate of drug-likeness (QED) is 0.510. The predicted octanol–water partition coefficient (Wildman–Crippen LogP) is 6.44. The maximum Gasteiger partial charge on any atom is 0.410 e. The molecule has 33 heavy (non-hydrogen) atoms. The first-order chi connectivity index (χ1) is 15.8. The summed E-state index contributed by atoms with van der Waals surface area (Å²) in [7, 11) is 0. The molecule has 1 amide bonds. The lowest BCUT2D eigenvalue weighted by atomic mass is 9.77. The van der Waals surface area contributed by atoms with Gasteiger partial charge in [-0.15, -0.1) is 0 Å². The minimum atomic E-state index is -0.452. The highest BCUT2D eigenvalue weighted by molar-refractivity contribution is 5.69. The molecule has 0 aromatic carbocycles. The summed E-state index contributed by atoms with van der Waals surface area (Å²) in [6.07, 6.45) is 14.5. The lowest BCUT2D eigenvalue weighted by Gasteiger charge is -2.39. The van der Waals surface area contributed by atoms with Crippen LogP contribution >= 0.6 is 0 Å². The highest BCUT2D eigenvalue weighted by Crippen LogP contribution is 2.59. The molecule has 3 saturated carbocycles. The molecule has 6 rings (SSSR count). The fourth-order valence-corrected chi connectivity index (χ4v) is 6.72. The Balaban J connectivity index is 1.11. The number of hydrogen-bond donors (Lipinski definition) is 0. The van der Waals surface area contributed by atoms with Gasteiger partial charge in [0.2, 0.25) is 0 Å². The maximum absolute atomic E-state index is 12.8. The molecule has 1 aromatic heterocycles. The normalized spacial score (nSPS) is 31.2. The fourth-order valence-electron chi connectivity index (χ4n) is 6.72. The van der Waals surface area contributed by atoms with Gasteiger partial charge in [-0.1, -0.05) is 5.16 Å². The topological polar surface area (TPSA) is 64.8 Å². The van der Waals surface area contributed by atoms with Gasteiger partial charge in [-0.25, -0.2) is 4.79 Å². The number of fused-ring (bicyclic) bond motifs is 2. The Morgan fingerprint density at radius 3 is 2.24 bits per heavy atom. The lowest BCUT2D eigenvalue weighted by molar-refractivity contribution is -0.0400. The van der Waals surface area contributed by atoms with Crippen molar-refractivity contribution in [2.45, 2.75) is 140 Å². The van der Waals surface area contributed by atoms with E-state index in [0.717, 1.165) is 31.4 Å². The molecule has 2 saturated heterocycles. The van der Waals surface area contributed by atoms with Crippen molar-refractivity contribution in [3.8, 4) is 0 Å². The molecule has 6 nitrogen and oxygen atoms in total. The zero-order chi connectivity index (χ0) is 22.8. The Morgan fingerprint density at radius 1 is 1.00 bits per heavy atom. The summed E-state index contributed by atoms with van der Waals surface area (Å²) in [4.78, 5) is 14.8.